The molecule has 0 bridgehead atoms. The fourth-order valence-corrected chi connectivity index (χ4v) is 2.73. The maximum atomic E-state index is 5.45. The molecule has 0 spiro atoms. The number of ether oxygens (including phenoxy) is 2. The minimum absolute atomic E-state index is 0.286. The molecule has 1 aromatic rings. The highest BCUT2D eigenvalue weighted by Gasteiger charge is 2.28. The molecular formula is C15H23NO2. The summed E-state index contributed by atoms with van der Waals surface area (Å²) < 4.78 is 10.8. The summed E-state index contributed by atoms with van der Waals surface area (Å²) >= 11 is 0. The molecule has 100 valence electrons. The van der Waals surface area contributed by atoms with Crippen molar-refractivity contribution >= 4 is 0 Å². The molecule has 18 heavy (non-hydrogen) atoms. The van der Waals surface area contributed by atoms with Gasteiger partial charge in [0.25, 0.3) is 0 Å². The average molecular weight is 249 g/mol. The first-order valence-corrected chi connectivity index (χ1v) is 6.63. The van der Waals surface area contributed by atoms with Crippen LogP contribution in [0.15, 0.2) is 18.2 Å². The van der Waals surface area contributed by atoms with Crippen molar-refractivity contribution in [3.8, 4) is 11.5 Å². The molecule has 1 N–H and O–H groups in total. The molecule has 1 aromatic carbocycles. The van der Waals surface area contributed by atoms with Gasteiger partial charge in [0.2, 0.25) is 0 Å². The van der Waals surface area contributed by atoms with E-state index in [0.717, 1.165) is 23.6 Å². The van der Waals surface area contributed by atoms with Crippen molar-refractivity contribution in [2.24, 2.45) is 0 Å². The first-order valence-electron chi connectivity index (χ1n) is 6.63. The Balaban J connectivity index is 2.09. The molecule has 0 aromatic heterocycles. The fraction of sp³-hybridized carbons (Fsp3) is 0.600. The van der Waals surface area contributed by atoms with Crippen LogP contribution < -0.4 is 14.8 Å². The standard InChI is InChI=1S/C15H23NO2/c1-15(9-4-5-10-15)16-11-12-7-6-8-13(17-2)14(12)18-3/h6-8,16H,4-5,9-11H2,1-3H3. The van der Waals surface area contributed by atoms with Crippen molar-refractivity contribution in [3.63, 3.8) is 0 Å². The van der Waals surface area contributed by atoms with Crippen molar-refractivity contribution in [2.45, 2.75) is 44.7 Å². The zero-order valence-electron chi connectivity index (χ0n) is 11.6. The Morgan fingerprint density at radius 2 is 1.89 bits per heavy atom. The van der Waals surface area contributed by atoms with Gasteiger partial charge in [-0.15, -0.1) is 0 Å². The largest absolute Gasteiger partial charge is 0.493 e. The van der Waals surface area contributed by atoms with Crippen LogP contribution in [0.25, 0.3) is 0 Å². The predicted molar refractivity (Wildman–Crippen MR) is 73.3 cm³/mol. The lowest BCUT2D eigenvalue weighted by Crippen LogP contribution is -2.38. The van der Waals surface area contributed by atoms with Gasteiger partial charge in [0.05, 0.1) is 14.2 Å². The Bertz CT molecular complexity index is 397. The molecule has 0 heterocycles. The molecule has 0 unspecified atom stereocenters. The Hall–Kier alpha value is -1.22. The second-order valence-corrected chi connectivity index (χ2v) is 5.27. The lowest BCUT2D eigenvalue weighted by atomic mass is 10.00. The number of para-hydroxylation sites is 1. The third-order valence-corrected chi connectivity index (χ3v) is 3.90. The second kappa shape index (κ2) is 5.61. The molecule has 3 nitrogen and oxygen atoms in total. The zero-order chi connectivity index (χ0) is 13.0. The van der Waals surface area contributed by atoms with Crippen molar-refractivity contribution in [1.82, 2.24) is 5.32 Å². The molecule has 2 rings (SSSR count). The molecular weight excluding hydrogens is 226 g/mol. The number of nitrogens with one attached hydrogen (secondary N) is 1. The van der Waals surface area contributed by atoms with Crippen LogP contribution in [0.4, 0.5) is 0 Å². The molecule has 0 atom stereocenters. The number of rotatable bonds is 5. The van der Waals surface area contributed by atoms with E-state index in [2.05, 4.69) is 18.3 Å². The summed E-state index contributed by atoms with van der Waals surface area (Å²) in [6, 6.07) is 6.03. The van der Waals surface area contributed by atoms with E-state index < -0.39 is 0 Å². The molecule has 1 aliphatic rings. The van der Waals surface area contributed by atoms with Crippen LogP contribution in [-0.4, -0.2) is 19.8 Å². The predicted octanol–water partition coefficient (Wildman–Crippen LogP) is 3.13. The molecule has 0 amide bonds. The number of hydrogen-bond donors (Lipinski definition) is 1. The molecule has 0 saturated heterocycles. The summed E-state index contributed by atoms with van der Waals surface area (Å²) in [7, 11) is 3.37. The van der Waals surface area contributed by atoms with E-state index in [1.165, 1.54) is 25.7 Å². The van der Waals surface area contributed by atoms with E-state index >= 15 is 0 Å². The molecule has 1 fully saturated rings. The Morgan fingerprint density at radius 1 is 1.17 bits per heavy atom. The first-order chi connectivity index (χ1) is 8.68. The van der Waals surface area contributed by atoms with Crippen molar-refractivity contribution in [2.75, 3.05) is 14.2 Å². The maximum Gasteiger partial charge on any atom is 0.165 e. The van der Waals surface area contributed by atoms with Crippen LogP contribution in [0.5, 0.6) is 11.5 Å². The molecule has 1 aliphatic carbocycles. The van der Waals surface area contributed by atoms with Crippen molar-refractivity contribution < 1.29 is 9.47 Å². The third-order valence-electron chi connectivity index (χ3n) is 3.90. The van der Waals surface area contributed by atoms with E-state index in [1.54, 1.807) is 14.2 Å². The highest BCUT2D eigenvalue weighted by Crippen LogP contribution is 2.33. The van der Waals surface area contributed by atoms with Gasteiger partial charge in [-0.25, -0.2) is 0 Å². The van der Waals surface area contributed by atoms with Crippen molar-refractivity contribution in [3.05, 3.63) is 23.8 Å². The van der Waals surface area contributed by atoms with Gasteiger partial charge in [-0.3, -0.25) is 0 Å². The van der Waals surface area contributed by atoms with Crippen LogP contribution in [-0.2, 0) is 6.54 Å². The first kappa shape index (κ1) is 13.2. The summed E-state index contributed by atoms with van der Waals surface area (Å²) in [5, 5.41) is 3.66. The Kier molecular flexibility index (Phi) is 4.12. The molecule has 0 aliphatic heterocycles. The Labute approximate surface area is 109 Å². The summed E-state index contributed by atoms with van der Waals surface area (Å²) in [4.78, 5) is 0. The van der Waals surface area contributed by atoms with Gasteiger partial charge in [0.1, 0.15) is 0 Å². The number of hydrogen-bond acceptors (Lipinski definition) is 3. The van der Waals surface area contributed by atoms with E-state index in [1.807, 2.05) is 12.1 Å². The lowest BCUT2D eigenvalue weighted by Gasteiger charge is -2.26. The maximum absolute atomic E-state index is 5.45. The van der Waals surface area contributed by atoms with Gasteiger partial charge in [-0.1, -0.05) is 25.0 Å². The molecule has 1 saturated carbocycles. The van der Waals surface area contributed by atoms with Gasteiger partial charge < -0.3 is 14.8 Å². The second-order valence-electron chi connectivity index (χ2n) is 5.27. The van der Waals surface area contributed by atoms with Crippen LogP contribution in [0.3, 0.4) is 0 Å². The minimum atomic E-state index is 0.286. The number of methoxy groups -OCH3 is 2. The summed E-state index contributed by atoms with van der Waals surface area (Å²) in [6.07, 6.45) is 5.19. The van der Waals surface area contributed by atoms with Gasteiger partial charge in [-0.05, 0) is 25.8 Å². The highest BCUT2D eigenvalue weighted by molar-refractivity contribution is 5.46. The molecule has 3 heteroatoms. The monoisotopic (exact) mass is 249 g/mol. The topological polar surface area (TPSA) is 30.5 Å². The van der Waals surface area contributed by atoms with Gasteiger partial charge in [0, 0.05) is 17.6 Å². The quantitative estimate of drug-likeness (QED) is 0.869. The summed E-state index contributed by atoms with van der Waals surface area (Å²) in [6.45, 7) is 3.14. The van der Waals surface area contributed by atoms with Gasteiger partial charge in [-0.2, -0.15) is 0 Å². The third kappa shape index (κ3) is 2.78. The minimum Gasteiger partial charge on any atom is -0.493 e. The lowest BCUT2D eigenvalue weighted by molar-refractivity contribution is 0.337. The number of benzene rings is 1. The average Bonchev–Trinajstić information content (AvgIpc) is 2.83. The SMILES string of the molecule is COc1cccc(CNC2(C)CCCC2)c1OC. The van der Waals surface area contributed by atoms with Gasteiger partial charge >= 0.3 is 0 Å². The Morgan fingerprint density at radius 3 is 2.50 bits per heavy atom. The molecule has 0 radical (unpaired) electrons. The van der Waals surface area contributed by atoms with Crippen LogP contribution in [0, 0.1) is 0 Å². The van der Waals surface area contributed by atoms with E-state index in [0.29, 0.717) is 0 Å². The fourth-order valence-electron chi connectivity index (χ4n) is 2.73. The van der Waals surface area contributed by atoms with Crippen LogP contribution >= 0.6 is 0 Å². The van der Waals surface area contributed by atoms with E-state index in [-0.39, 0.29) is 5.54 Å². The van der Waals surface area contributed by atoms with Crippen LogP contribution in [0.1, 0.15) is 38.2 Å². The normalized spacial score (nSPS) is 17.7. The summed E-state index contributed by atoms with van der Waals surface area (Å²) in [5.74, 6) is 1.64. The smallest absolute Gasteiger partial charge is 0.165 e. The van der Waals surface area contributed by atoms with Crippen LogP contribution in [0.2, 0.25) is 0 Å². The van der Waals surface area contributed by atoms with E-state index in [9.17, 15) is 0 Å². The zero-order valence-corrected chi connectivity index (χ0v) is 11.6. The van der Waals surface area contributed by atoms with E-state index in [4.69, 9.17) is 9.47 Å². The van der Waals surface area contributed by atoms with Crippen molar-refractivity contribution in [1.29, 1.82) is 0 Å². The summed E-state index contributed by atoms with van der Waals surface area (Å²) in [5.41, 5.74) is 1.44. The van der Waals surface area contributed by atoms with Gasteiger partial charge in [0.15, 0.2) is 11.5 Å². The highest BCUT2D eigenvalue weighted by atomic mass is 16.5.